The minimum absolute atomic E-state index is 0.212. The molecule has 2 heterocycles. The Balaban J connectivity index is 1.46. The lowest BCUT2D eigenvalue weighted by atomic mass is 10.0. The van der Waals surface area contributed by atoms with Crippen LogP contribution in [0.15, 0.2) is 60.7 Å². The summed E-state index contributed by atoms with van der Waals surface area (Å²) in [5.74, 6) is -0.700. The van der Waals surface area contributed by atoms with E-state index in [1.807, 2.05) is 24.3 Å². The van der Waals surface area contributed by atoms with Gasteiger partial charge in [-0.15, -0.1) is 11.3 Å². The summed E-state index contributed by atoms with van der Waals surface area (Å²) >= 11 is 1.58. The van der Waals surface area contributed by atoms with Gasteiger partial charge in [-0.1, -0.05) is 30.3 Å². The fourth-order valence-electron chi connectivity index (χ4n) is 4.65. The van der Waals surface area contributed by atoms with Crippen LogP contribution in [-0.4, -0.2) is 53.6 Å². The third kappa shape index (κ3) is 8.66. The number of hydrogen-bond donors (Lipinski definition) is 2. The van der Waals surface area contributed by atoms with Crippen molar-refractivity contribution in [3.63, 3.8) is 0 Å². The Bertz CT molecular complexity index is 1410. The van der Waals surface area contributed by atoms with Crippen LogP contribution in [0.3, 0.4) is 0 Å². The number of esters is 1. The Morgan fingerprint density at radius 1 is 1.02 bits per heavy atom. The van der Waals surface area contributed by atoms with Crippen LogP contribution in [0.4, 0.5) is 10.5 Å². The van der Waals surface area contributed by atoms with Gasteiger partial charge in [0.2, 0.25) is 5.91 Å². The topological polar surface area (TPSA) is 114 Å². The number of ether oxygens (including phenoxy) is 2. The molecule has 10 heteroatoms. The molecule has 0 fully saturated rings. The van der Waals surface area contributed by atoms with Crippen molar-refractivity contribution in [1.29, 1.82) is 0 Å². The van der Waals surface area contributed by atoms with Crippen LogP contribution in [-0.2, 0) is 44.9 Å². The van der Waals surface area contributed by atoms with E-state index < -0.39 is 17.7 Å². The number of hydrogen-bond acceptors (Lipinski definition) is 7. The molecule has 3 aromatic rings. The first-order valence-corrected chi connectivity index (χ1v) is 14.8. The summed E-state index contributed by atoms with van der Waals surface area (Å²) in [6, 6.07) is 17.2. The third-order valence-corrected chi connectivity index (χ3v) is 7.77. The summed E-state index contributed by atoms with van der Waals surface area (Å²) in [6.07, 6.45) is 0.456. The maximum Gasteiger partial charge on any atom is 0.408 e. The molecule has 2 aromatic carbocycles. The number of nitrogens with zero attached hydrogens (tertiary/aromatic N) is 1. The van der Waals surface area contributed by atoms with E-state index in [1.54, 1.807) is 80.3 Å². The number of alkyl carbamates (subject to hydrolysis) is 1. The van der Waals surface area contributed by atoms with Crippen molar-refractivity contribution in [2.24, 2.45) is 0 Å². The molecule has 42 heavy (non-hydrogen) atoms. The van der Waals surface area contributed by atoms with E-state index in [-0.39, 0.29) is 30.6 Å². The van der Waals surface area contributed by atoms with Crippen molar-refractivity contribution in [3.8, 4) is 0 Å². The molecule has 4 rings (SSSR count). The number of amides is 3. The monoisotopic (exact) mass is 591 g/mol. The molecule has 9 nitrogen and oxygen atoms in total. The van der Waals surface area contributed by atoms with Crippen LogP contribution in [0.1, 0.15) is 58.9 Å². The first-order chi connectivity index (χ1) is 20.0. The maximum atomic E-state index is 13.8. The minimum atomic E-state index is -0.858. The van der Waals surface area contributed by atoms with Crippen LogP contribution < -0.4 is 10.6 Å². The molecule has 1 atom stereocenters. The number of rotatable bonds is 9. The lowest BCUT2D eigenvalue weighted by molar-refractivity contribution is -0.142. The zero-order valence-electron chi connectivity index (χ0n) is 24.4. The number of thiophene rings is 1. The van der Waals surface area contributed by atoms with Gasteiger partial charge in [-0.05, 0) is 75.6 Å². The summed E-state index contributed by atoms with van der Waals surface area (Å²) in [7, 11) is 0. The van der Waals surface area contributed by atoms with E-state index in [9.17, 15) is 19.2 Å². The summed E-state index contributed by atoms with van der Waals surface area (Å²) < 4.78 is 10.5. The molecule has 222 valence electrons. The van der Waals surface area contributed by atoms with E-state index in [4.69, 9.17) is 9.47 Å². The highest BCUT2D eigenvalue weighted by atomic mass is 32.1. The van der Waals surface area contributed by atoms with Crippen molar-refractivity contribution in [3.05, 3.63) is 87.1 Å². The van der Waals surface area contributed by atoms with E-state index in [0.29, 0.717) is 37.4 Å². The average molecular weight is 592 g/mol. The normalized spacial score (nSPS) is 13.5. The second kappa shape index (κ2) is 13.7. The van der Waals surface area contributed by atoms with Gasteiger partial charge in [0.1, 0.15) is 11.6 Å². The SMILES string of the molecule is CCOC(=O)Cc1cc2c(s1)CCN(C(=O)[C@H](Cc1ccc(NC(=O)c3ccccc3)cc1)NC(=O)OC(C)(C)C)C2. The van der Waals surface area contributed by atoms with E-state index in [2.05, 4.69) is 10.6 Å². The van der Waals surface area contributed by atoms with E-state index >= 15 is 0 Å². The first-order valence-electron chi connectivity index (χ1n) is 14.0. The second-order valence-electron chi connectivity index (χ2n) is 11.1. The summed E-state index contributed by atoms with van der Waals surface area (Å²) in [5, 5.41) is 5.65. The molecular formula is C32H37N3O6S. The van der Waals surface area contributed by atoms with Gasteiger partial charge >= 0.3 is 12.1 Å². The summed E-state index contributed by atoms with van der Waals surface area (Å²) in [5.41, 5.74) is 2.27. The summed E-state index contributed by atoms with van der Waals surface area (Å²) in [6.45, 7) is 8.31. The first kappa shape index (κ1) is 30.8. The number of fused-ring (bicyclic) bond motifs is 1. The molecule has 3 amide bonds. The zero-order valence-corrected chi connectivity index (χ0v) is 25.2. The fraction of sp³-hybridized carbons (Fsp3) is 0.375. The van der Waals surface area contributed by atoms with Gasteiger partial charge in [0, 0.05) is 40.5 Å². The molecule has 0 spiro atoms. The van der Waals surface area contributed by atoms with Crippen LogP contribution in [0.2, 0.25) is 0 Å². The number of anilines is 1. The fourth-order valence-corrected chi connectivity index (χ4v) is 5.80. The van der Waals surface area contributed by atoms with Gasteiger partial charge in [0.25, 0.3) is 5.91 Å². The van der Waals surface area contributed by atoms with Crippen molar-refractivity contribution >= 4 is 40.9 Å². The van der Waals surface area contributed by atoms with Crippen LogP contribution in [0.25, 0.3) is 0 Å². The molecule has 1 aromatic heterocycles. The predicted molar refractivity (Wildman–Crippen MR) is 161 cm³/mol. The highest BCUT2D eigenvalue weighted by Crippen LogP contribution is 2.29. The van der Waals surface area contributed by atoms with Gasteiger partial charge in [-0.3, -0.25) is 14.4 Å². The Hall–Kier alpha value is -4.18. The lowest BCUT2D eigenvalue weighted by Crippen LogP contribution is -2.51. The molecule has 0 radical (unpaired) electrons. The number of carbonyl (C=O) groups is 4. The van der Waals surface area contributed by atoms with Crippen molar-refractivity contribution in [1.82, 2.24) is 10.2 Å². The quantitative estimate of drug-likeness (QED) is 0.334. The van der Waals surface area contributed by atoms with Crippen molar-refractivity contribution in [2.75, 3.05) is 18.5 Å². The molecule has 2 N–H and O–H groups in total. The highest BCUT2D eigenvalue weighted by Gasteiger charge is 2.31. The standard InChI is InChI=1S/C32H37N3O6S/c1-5-40-28(36)19-25-18-23-20-35(16-15-27(23)42-25)30(38)26(34-31(39)41-32(2,3)4)17-21-11-13-24(14-12-21)33-29(37)22-9-7-6-8-10-22/h6-14,18,26H,5,15-17,19-20H2,1-4H3,(H,33,37)(H,34,39)/t26-/m0/s1. The smallest absolute Gasteiger partial charge is 0.408 e. The van der Waals surface area contributed by atoms with Gasteiger partial charge in [0.05, 0.1) is 13.0 Å². The Morgan fingerprint density at radius 3 is 2.40 bits per heavy atom. The van der Waals surface area contributed by atoms with Crippen LogP contribution >= 0.6 is 11.3 Å². The van der Waals surface area contributed by atoms with Gasteiger partial charge in [-0.25, -0.2) is 4.79 Å². The number of benzene rings is 2. The largest absolute Gasteiger partial charge is 0.466 e. The van der Waals surface area contributed by atoms with E-state index in [1.165, 1.54) is 0 Å². The van der Waals surface area contributed by atoms with Crippen LogP contribution in [0, 0.1) is 0 Å². The molecule has 0 saturated carbocycles. The molecule has 0 unspecified atom stereocenters. The number of carbonyl (C=O) groups excluding carboxylic acids is 4. The maximum absolute atomic E-state index is 13.8. The highest BCUT2D eigenvalue weighted by molar-refractivity contribution is 7.12. The minimum Gasteiger partial charge on any atom is -0.466 e. The summed E-state index contributed by atoms with van der Waals surface area (Å²) in [4.78, 5) is 54.8. The predicted octanol–water partition coefficient (Wildman–Crippen LogP) is 5.13. The Labute approximate surface area is 250 Å². The molecule has 1 aliphatic rings. The van der Waals surface area contributed by atoms with Crippen molar-refractivity contribution < 1.29 is 28.7 Å². The lowest BCUT2D eigenvalue weighted by Gasteiger charge is -2.31. The average Bonchev–Trinajstić information content (AvgIpc) is 3.34. The molecule has 0 bridgehead atoms. The molecular weight excluding hydrogens is 554 g/mol. The van der Waals surface area contributed by atoms with Gasteiger partial charge in [-0.2, -0.15) is 0 Å². The third-order valence-electron chi connectivity index (χ3n) is 6.53. The Morgan fingerprint density at radius 2 is 1.74 bits per heavy atom. The zero-order chi connectivity index (χ0) is 30.3. The van der Waals surface area contributed by atoms with Crippen LogP contribution in [0.5, 0.6) is 0 Å². The van der Waals surface area contributed by atoms with E-state index in [0.717, 1.165) is 20.9 Å². The van der Waals surface area contributed by atoms with Crippen molar-refractivity contribution in [2.45, 2.75) is 65.1 Å². The van der Waals surface area contributed by atoms with Gasteiger partial charge < -0.3 is 25.0 Å². The Kier molecular flexibility index (Phi) is 10.0. The molecule has 0 aliphatic carbocycles. The number of nitrogens with one attached hydrogen (secondary N) is 2. The molecule has 0 saturated heterocycles. The second-order valence-corrected chi connectivity index (χ2v) is 12.3. The molecule has 1 aliphatic heterocycles. The van der Waals surface area contributed by atoms with Gasteiger partial charge in [0.15, 0.2) is 0 Å².